The number of benzene rings is 1. The maximum Gasteiger partial charge on any atom is 0.273 e. The van der Waals surface area contributed by atoms with Gasteiger partial charge in [0.05, 0.1) is 0 Å². The molecule has 0 spiro atoms. The largest absolute Gasteiger partial charge is 0.455 e. The third-order valence-electron chi connectivity index (χ3n) is 2.24. The zero-order chi connectivity index (χ0) is 13.0. The van der Waals surface area contributed by atoms with E-state index in [4.69, 9.17) is 4.74 Å². The van der Waals surface area contributed by atoms with Gasteiger partial charge in [-0.05, 0) is 24.3 Å². The summed E-state index contributed by atoms with van der Waals surface area (Å²) in [5.41, 5.74) is 0.157. The van der Waals surface area contributed by atoms with Gasteiger partial charge >= 0.3 is 0 Å². The molecule has 92 valence electrons. The van der Waals surface area contributed by atoms with Crippen LogP contribution < -0.4 is 10.1 Å². The Morgan fingerprint density at radius 3 is 2.89 bits per heavy atom. The quantitative estimate of drug-likeness (QED) is 0.904. The molecular weight excluding hydrogens is 235 g/mol. The van der Waals surface area contributed by atoms with Crippen molar-refractivity contribution in [2.75, 3.05) is 7.05 Å². The highest BCUT2D eigenvalue weighted by Crippen LogP contribution is 2.24. The molecule has 1 amide bonds. The minimum Gasteiger partial charge on any atom is -0.455 e. The topological polar surface area (TPSA) is 51.2 Å². The number of nitrogens with zero attached hydrogens (tertiary/aromatic N) is 1. The Morgan fingerprint density at radius 1 is 1.33 bits per heavy atom. The average molecular weight is 246 g/mol. The van der Waals surface area contributed by atoms with Crippen molar-refractivity contribution in [3.63, 3.8) is 0 Å². The van der Waals surface area contributed by atoms with Crippen molar-refractivity contribution in [2.24, 2.45) is 0 Å². The second-order valence-corrected chi connectivity index (χ2v) is 3.49. The first-order chi connectivity index (χ1) is 8.70. The summed E-state index contributed by atoms with van der Waals surface area (Å²) in [5, 5.41) is 2.46. The summed E-state index contributed by atoms with van der Waals surface area (Å²) >= 11 is 0. The number of nitrogens with one attached hydrogen (secondary N) is 1. The van der Waals surface area contributed by atoms with Crippen LogP contribution in [0.25, 0.3) is 0 Å². The molecule has 0 atom stereocenters. The van der Waals surface area contributed by atoms with Gasteiger partial charge in [0.2, 0.25) is 0 Å². The Hall–Kier alpha value is -2.43. The number of amides is 1. The maximum absolute atomic E-state index is 13.0. The van der Waals surface area contributed by atoms with Crippen molar-refractivity contribution in [2.45, 2.75) is 0 Å². The number of halogens is 1. The number of carbonyl (C=O) groups is 1. The molecule has 5 heteroatoms. The van der Waals surface area contributed by atoms with Crippen molar-refractivity contribution in [1.29, 1.82) is 0 Å². The van der Waals surface area contributed by atoms with E-state index in [0.29, 0.717) is 5.75 Å². The first-order valence-corrected chi connectivity index (χ1v) is 5.31. The first-order valence-electron chi connectivity index (χ1n) is 5.31. The Bertz CT molecular complexity index is 572. The number of carbonyl (C=O) groups excluding carboxylic acids is 1. The van der Waals surface area contributed by atoms with Crippen LogP contribution in [0, 0.1) is 5.82 Å². The molecule has 0 saturated carbocycles. The van der Waals surface area contributed by atoms with E-state index >= 15 is 0 Å². The lowest BCUT2D eigenvalue weighted by molar-refractivity contribution is 0.0955. The Labute approximate surface area is 103 Å². The van der Waals surface area contributed by atoms with Crippen LogP contribution in [-0.4, -0.2) is 17.9 Å². The average Bonchev–Trinajstić information content (AvgIpc) is 2.38. The summed E-state index contributed by atoms with van der Waals surface area (Å²) in [6.45, 7) is 0. The van der Waals surface area contributed by atoms with Gasteiger partial charge in [-0.25, -0.2) is 9.37 Å². The van der Waals surface area contributed by atoms with Gasteiger partial charge < -0.3 is 10.1 Å². The molecule has 1 N–H and O–H groups in total. The molecule has 0 fully saturated rings. The highest BCUT2D eigenvalue weighted by Gasteiger charge is 2.12. The van der Waals surface area contributed by atoms with E-state index in [1.54, 1.807) is 18.2 Å². The van der Waals surface area contributed by atoms with E-state index < -0.39 is 5.82 Å². The third-order valence-corrected chi connectivity index (χ3v) is 2.24. The second-order valence-electron chi connectivity index (χ2n) is 3.49. The summed E-state index contributed by atoms with van der Waals surface area (Å²) in [4.78, 5) is 15.5. The zero-order valence-corrected chi connectivity index (χ0v) is 9.68. The van der Waals surface area contributed by atoms with Crippen LogP contribution in [0.4, 0.5) is 4.39 Å². The molecular formula is C13H11FN2O2. The number of hydrogen-bond donors (Lipinski definition) is 1. The van der Waals surface area contributed by atoms with E-state index in [-0.39, 0.29) is 17.4 Å². The fourth-order valence-corrected chi connectivity index (χ4v) is 1.42. The highest BCUT2D eigenvalue weighted by atomic mass is 19.1. The summed E-state index contributed by atoms with van der Waals surface area (Å²) in [5.74, 6) is -0.171. The van der Waals surface area contributed by atoms with Crippen LogP contribution in [0.3, 0.4) is 0 Å². The minimum absolute atomic E-state index is 0.157. The van der Waals surface area contributed by atoms with Gasteiger partial charge in [-0.3, -0.25) is 4.79 Å². The van der Waals surface area contributed by atoms with E-state index in [1.807, 2.05) is 0 Å². The normalized spacial score (nSPS) is 9.89. The predicted octanol–water partition coefficient (Wildman–Crippen LogP) is 2.37. The summed E-state index contributed by atoms with van der Waals surface area (Å²) in [6, 6.07) is 8.92. The molecule has 4 nitrogen and oxygen atoms in total. The Kier molecular flexibility index (Phi) is 3.52. The molecule has 18 heavy (non-hydrogen) atoms. The van der Waals surface area contributed by atoms with Crippen molar-refractivity contribution in [1.82, 2.24) is 10.3 Å². The van der Waals surface area contributed by atoms with Crippen LogP contribution in [0.5, 0.6) is 11.5 Å². The van der Waals surface area contributed by atoms with E-state index in [9.17, 15) is 9.18 Å². The molecule has 1 heterocycles. The maximum atomic E-state index is 13.0. The summed E-state index contributed by atoms with van der Waals surface area (Å²) in [6.07, 6.45) is 1.49. The second kappa shape index (κ2) is 5.27. The van der Waals surface area contributed by atoms with E-state index in [2.05, 4.69) is 10.3 Å². The van der Waals surface area contributed by atoms with Crippen molar-refractivity contribution >= 4 is 5.91 Å². The molecule has 2 aromatic rings. The lowest BCUT2D eigenvalue weighted by Crippen LogP contribution is -2.19. The van der Waals surface area contributed by atoms with Gasteiger partial charge in [-0.2, -0.15) is 0 Å². The number of hydrogen-bond acceptors (Lipinski definition) is 3. The SMILES string of the molecule is CNC(=O)c1ncccc1Oc1cccc(F)c1. The van der Waals surface area contributed by atoms with Gasteiger partial charge in [0, 0.05) is 19.3 Å². The number of aromatic nitrogens is 1. The minimum atomic E-state index is -0.405. The molecule has 2 rings (SSSR count). The monoisotopic (exact) mass is 246 g/mol. The van der Waals surface area contributed by atoms with Crippen molar-refractivity contribution in [3.8, 4) is 11.5 Å². The van der Waals surface area contributed by atoms with Crippen LogP contribution in [0.1, 0.15) is 10.5 Å². The Morgan fingerprint density at radius 2 is 2.17 bits per heavy atom. The highest BCUT2D eigenvalue weighted by molar-refractivity contribution is 5.94. The lowest BCUT2D eigenvalue weighted by atomic mass is 10.3. The molecule has 0 aliphatic heterocycles. The van der Waals surface area contributed by atoms with Crippen LogP contribution in [0.2, 0.25) is 0 Å². The van der Waals surface area contributed by atoms with Gasteiger partial charge in [-0.15, -0.1) is 0 Å². The van der Waals surface area contributed by atoms with Crippen LogP contribution in [0.15, 0.2) is 42.6 Å². The summed E-state index contributed by atoms with van der Waals surface area (Å²) in [7, 11) is 1.50. The third kappa shape index (κ3) is 2.63. The van der Waals surface area contributed by atoms with Crippen molar-refractivity contribution in [3.05, 3.63) is 54.1 Å². The fourth-order valence-electron chi connectivity index (χ4n) is 1.42. The molecule has 0 bridgehead atoms. The Balaban J connectivity index is 2.32. The molecule has 0 aliphatic rings. The zero-order valence-electron chi connectivity index (χ0n) is 9.68. The number of rotatable bonds is 3. The molecule has 0 unspecified atom stereocenters. The van der Waals surface area contributed by atoms with E-state index in [0.717, 1.165) is 0 Å². The smallest absolute Gasteiger partial charge is 0.273 e. The molecule has 0 radical (unpaired) electrons. The molecule has 0 aliphatic carbocycles. The lowest BCUT2D eigenvalue weighted by Gasteiger charge is -2.09. The fraction of sp³-hybridized carbons (Fsp3) is 0.0769. The molecule has 1 aromatic heterocycles. The van der Waals surface area contributed by atoms with E-state index in [1.165, 1.54) is 31.4 Å². The van der Waals surface area contributed by atoms with Gasteiger partial charge in [0.25, 0.3) is 5.91 Å². The number of ether oxygens (including phenoxy) is 1. The number of pyridine rings is 1. The van der Waals surface area contributed by atoms with Gasteiger partial charge in [0.1, 0.15) is 11.6 Å². The first kappa shape index (κ1) is 12.0. The molecule has 0 saturated heterocycles. The molecule has 1 aromatic carbocycles. The van der Waals surface area contributed by atoms with Crippen LogP contribution in [-0.2, 0) is 0 Å². The van der Waals surface area contributed by atoms with Crippen molar-refractivity contribution < 1.29 is 13.9 Å². The van der Waals surface area contributed by atoms with Crippen LogP contribution >= 0.6 is 0 Å². The van der Waals surface area contributed by atoms with Gasteiger partial charge in [0.15, 0.2) is 11.4 Å². The standard InChI is InChI=1S/C13H11FN2O2/c1-15-13(17)12-11(6-3-7-16-12)18-10-5-2-4-9(14)8-10/h2-8H,1H3,(H,15,17). The summed E-state index contributed by atoms with van der Waals surface area (Å²) < 4.78 is 18.5. The van der Waals surface area contributed by atoms with Gasteiger partial charge in [-0.1, -0.05) is 6.07 Å². The predicted molar refractivity (Wildman–Crippen MR) is 64.1 cm³/mol.